The first kappa shape index (κ1) is 12.1. The molecule has 0 saturated heterocycles. The first-order valence-corrected chi connectivity index (χ1v) is 6.00. The van der Waals surface area contributed by atoms with Gasteiger partial charge in [-0.3, -0.25) is 4.79 Å². The molecule has 2 aromatic heterocycles. The molecule has 2 heterocycles. The molecule has 0 radical (unpaired) electrons. The summed E-state index contributed by atoms with van der Waals surface area (Å²) in [5.41, 5.74) is 1.88. The van der Waals surface area contributed by atoms with Gasteiger partial charge in [0, 0.05) is 23.8 Å². The van der Waals surface area contributed by atoms with Crippen LogP contribution in [0.2, 0.25) is 0 Å². The van der Waals surface area contributed by atoms with E-state index in [-0.39, 0.29) is 6.42 Å². The number of rotatable bonds is 5. The summed E-state index contributed by atoms with van der Waals surface area (Å²) in [6, 6.07) is 3.86. The quantitative estimate of drug-likeness (QED) is 0.824. The number of pyridine rings is 1. The van der Waals surface area contributed by atoms with Gasteiger partial charge in [0.05, 0.1) is 18.3 Å². The van der Waals surface area contributed by atoms with E-state index in [0.29, 0.717) is 13.1 Å². The molecule has 0 fully saturated rings. The molecule has 2 N–H and O–H groups in total. The SMILES string of the molecule is O=C(O)CCNCc1cnc2ccc(Br)cn12. The third kappa shape index (κ3) is 3.04. The van der Waals surface area contributed by atoms with Crippen LogP contribution in [-0.2, 0) is 11.3 Å². The summed E-state index contributed by atoms with van der Waals surface area (Å²) < 4.78 is 2.95. The van der Waals surface area contributed by atoms with E-state index in [1.54, 1.807) is 6.20 Å². The highest BCUT2D eigenvalue weighted by atomic mass is 79.9. The molecule has 2 aromatic rings. The maximum Gasteiger partial charge on any atom is 0.304 e. The van der Waals surface area contributed by atoms with Gasteiger partial charge in [0.15, 0.2) is 0 Å². The van der Waals surface area contributed by atoms with Crippen molar-refractivity contribution in [1.82, 2.24) is 14.7 Å². The van der Waals surface area contributed by atoms with Crippen molar-refractivity contribution in [1.29, 1.82) is 0 Å². The molecule has 0 aliphatic rings. The largest absolute Gasteiger partial charge is 0.481 e. The molecule has 0 spiro atoms. The van der Waals surface area contributed by atoms with Gasteiger partial charge in [0.25, 0.3) is 0 Å². The van der Waals surface area contributed by atoms with E-state index in [2.05, 4.69) is 26.2 Å². The number of fused-ring (bicyclic) bond motifs is 1. The minimum absolute atomic E-state index is 0.125. The summed E-state index contributed by atoms with van der Waals surface area (Å²) in [7, 11) is 0. The van der Waals surface area contributed by atoms with E-state index in [0.717, 1.165) is 15.8 Å². The Bertz CT molecular complexity index is 538. The molecule has 0 bridgehead atoms. The highest BCUT2D eigenvalue weighted by Gasteiger charge is 2.03. The molecule has 17 heavy (non-hydrogen) atoms. The molecule has 0 atom stereocenters. The maximum absolute atomic E-state index is 10.4. The van der Waals surface area contributed by atoms with Gasteiger partial charge in [0.1, 0.15) is 5.65 Å². The van der Waals surface area contributed by atoms with E-state index in [1.807, 2.05) is 22.7 Å². The second-order valence-corrected chi connectivity index (χ2v) is 4.56. The normalized spacial score (nSPS) is 10.9. The Hall–Kier alpha value is -1.40. The number of hydrogen-bond acceptors (Lipinski definition) is 3. The molecule has 0 amide bonds. The van der Waals surface area contributed by atoms with Crippen LogP contribution in [0.15, 0.2) is 29.0 Å². The smallest absolute Gasteiger partial charge is 0.304 e. The minimum atomic E-state index is -0.793. The average molecular weight is 298 g/mol. The molecular formula is C11H12BrN3O2. The van der Waals surface area contributed by atoms with E-state index in [1.165, 1.54) is 0 Å². The highest BCUT2D eigenvalue weighted by Crippen LogP contribution is 2.13. The third-order valence-electron chi connectivity index (χ3n) is 2.37. The van der Waals surface area contributed by atoms with Gasteiger partial charge < -0.3 is 14.8 Å². The van der Waals surface area contributed by atoms with Gasteiger partial charge in [-0.25, -0.2) is 4.98 Å². The predicted octanol–water partition coefficient (Wildman–Crippen LogP) is 1.66. The molecule has 6 heteroatoms. The zero-order chi connectivity index (χ0) is 12.3. The van der Waals surface area contributed by atoms with Gasteiger partial charge in [-0.15, -0.1) is 0 Å². The van der Waals surface area contributed by atoms with E-state index in [4.69, 9.17) is 5.11 Å². The number of carboxylic acid groups (broad SMARTS) is 1. The van der Waals surface area contributed by atoms with Gasteiger partial charge >= 0.3 is 5.97 Å². The summed E-state index contributed by atoms with van der Waals surface area (Å²) in [6.07, 6.45) is 3.85. The fourth-order valence-corrected chi connectivity index (χ4v) is 1.88. The van der Waals surface area contributed by atoms with E-state index < -0.39 is 5.97 Å². The Morgan fingerprint density at radius 1 is 1.53 bits per heavy atom. The van der Waals surface area contributed by atoms with E-state index >= 15 is 0 Å². The monoisotopic (exact) mass is 297 g/mol. The molecule has 5 nitrogen and oxygen atoms in total. The van der Waals surface area contributed by atoms with Gasteiger partial charge in [0.2, 0.25) is 0 Å². The molecule has 0 unspecified atom stereocenters. The Morgan fingerprint density at radius 3 is 3.12 bits per heavy atom. The summed E-state index contributed by atoms with van der Waals surface area (Å²) >= 11 is 3.41. The van der Waals surface area contributed by atoms with Crippen LogP contribution in [0.1, 0.15) is 12.1 Å². The van der Waals surface area contributed by atoms with Gasteiger partial charge in [-0.2, -0.15) is 0 Å². The molecule has 0 aliphatic heterocycles. The summed E-state index contributed by atoms with van der Waals surface area (Å²) in [5.74, 6) is -0.793. The fraction of sp³-hybridized carbons (Fsp3) is 0.273. The zero-order valence-corrected chi connectivity index (χ0v) is 10.6. The molecular weight excluding hydrogens is 286 g/mol. The summed E-state index contributed by atoms with van der Waals surface area (Å²) in [6.45, 7) is 1.06. The number of nitrogens with zero attached hydrogens (tertiary/aromatic N) is 2. The summed E-state index contributed by atoms with van der Waals surface area (Å²) in [5, 5.41) is 11.6. The van der Waals surface area contributed by atoms with Crippen molar-refractivity contribution in [2.45, 2.75) is 13.0 Å². The van der Waals surface area contributed by atoms with Gasteiger partial charge in [-0.1, -0.05) is 0 Å². The number of halogens is 1. The van der Waals surface area contributed by atoms with Crippen LogP contribution in [-0.4, -0.2) is 27.0 Å². The minimum Gasteiger partial charge on any atom is -0.481 e. The molecule has 0 saturated carbocycles. The van der Waals surface area contributed by atoms with Crippen molar-refractivity contribution in [2.75, 3.05) is 6.54 Å². The molecule has 2 rings (SSSR count). The highest BCUT2D eigenvalue weighted by molar-refractivity contribution is 9.10. The molecule has 0 aromatic carbocycles. The number of nitrogens with one attached hydrogen (secondary N) is 1. The van der Waals surface area contributed by atoms with Crippen LogP contribution in [0, 0.1) is 0 Å². The maximum atomic E-state index is 10.4. The van der Waals surface area contributed by atoms with Crippen LogP contribution in [0.4, 0.5) is 0 Å². The number of aliphatic carboxylic acids is 1. The third-order valence-corrected chi connectivity index (χ3v) is 2.84. The van der Waals surface area contributed by atoms with Crippen molar-refractivity contribution in [3.05, 3.63) is 34.7 Å². The second-order valence-electron chi connectivity index (χ2n) is 3.65. The first-order valence-electron chi connectivity index (χ1n) is 5.21. The lowest BCUT2D eigenvalue weighted by atomic mass is 10.4. The van der Waals surface area contributed by atoms with Crippen molar-refractivity contribution in [3.8, 4) is 0 Å². The topological polar surface area (TPSA) is 66.6 Å². The number of imidazole rings is 1. The van der Waals surface area contributed by atoms with Crippen LogP contribution in [0.3, 0.4) is 0 Å². The van der Waals surface area contributed by atoms with Crippen LogP contribution in [0.25, 0.3) is 5.65 Å². The second kappa shape index (κ2) is 5.29. The van der Waals surface area contributed by atoms with Gasteiger partial charge in [-0.05, 0) is 28.1 Å². The summed E-state index contributed by atoms with van der Waals surface area (Å²) in [4.78, 5) is 14.6. The standard InChI is InChI=1S/C11H12BrN3O2/c12-8-1-2-10-14-6-9(15(10)7-8)5-13-4-3-11(16)17/h1-2,6-7,13H,3-5H2,(H,16,17). The lowest BCUT2D eigenvalue weighted by Crippen LogP contribution is -2.18. The number of aromatic nitrogens is 2. The Kier molecular flexibility index (Phi) is 3.75. The van der Waals surface area contributed by atoms with E-state index in [9.17, 15) is 4.79 Å². The number of hydrogen-bond donors (Lipinski definition) is 2. The Labute approximate surface area is 107 Å². The Morgan fingerprint density at radius 2 is 2.35 bits per heavy atom. The number of carboxylic acids is 1. The molecule has 90 valence electrons. The number of carbonyl (C=O) groups is 1. The predicted molar refractivity (Wildman–Crippen MR) is 66.9 cm³/mol. The lowest BCUT2D eigenvalue weighted by molar-refractivity contribution is -0.136. The lowest BCUT2D eigenvalue weighted by Gasteiger charge is -2.03. The van der Waals surface area contributed by atoms with Crippen molar-refractivity contribution >= 4 is 27.5 Å². The zero-order valence-electron chi connectivity index (χ0n) is 9.06. The first-order chi connectivity index (χ1) is 8.16. The Balaban J connectivity index is 2.03. The fourth-order valence-electron chi connectivity index (χ4n) is 1.55. The van der Waals surface area contributed by atoms with Crippen LogP contribution in [0.5, 0.6) is 0 Å². The van der Waals surface area contributed by atoms with Crippen LogP contribution >= 0.6 is 15.9 Å². The molecule has 0 aliphatic carbocycles. The average Bonchev–Trinajstić information content (AvgIpc) is 2.67. The van der Waals surface area contributed by atoms with Crippen molar-refractivity contribution < 1.29 is 9.90 Å². The van der Waals surface area contributed by atoms with Crippen molar-refractivity contribution in [3.63, 3.8) is 0 Å². The van der Waals surface area contributed by atoms with Crippen molar-refractivity contribution in [2.24, 2.45) is 0 Å². The van der Waals surface area contributed by atoms with Crippen LogP contribution < -0.4 is 5.32 Å².